The Morgan fingerprint density at radius 2 is 2.22 bits per heavy atom. The Balaban J connectivity index is 2.39. The summed E-state index contributed by atoms with van der Waals surface area (Å²) in [7, 11) is 0. The number of ether oxygens (including phenoxy) is 1. The van der Waals surface area contributed by atoms with E-state index in [0.29, 0.717) is 5.92 Å². The zero-order chi connectivity index (χ0) is 6.69. The Morgan fingerprint density at radius 3 is 2.67 bits per heavy atom. The Hall–Kier alpha value is -0.300. The third kappa shape index (κ3) is 1.55. The fourth-order valence-corrected chi connectivity index (χ4v) is 1.17. The Bertz CT molecular complexity index is 107. The van der Waals surface area contributed by atoms with Gasteiger partial charge in [-0.25, -0.2) is 0 Å². The molecule has 1 aliphatic heterocycles. The average molecular weight is 126 g/mol. The van der Waals surface area contributed by atoms with Crippen molar-refractivity contribution < 1.29 is 4.74 Å². The van der Waals surface area contributed by atoms with Gasteiger partial charge in [0.05, 0.1) is 6.61 Å². The summed E-state index contributed by atoms with van der Waals surface area (Å²) in [6.07, 6.45) is 4.34. The predicted molar refractivity (Wildman–Crippen MR) is 38.3 cm³/mol. The van der Waals surface area contributed by atoms with Crippen molar-refractivity contribution in [3.8, 4) is 0 Å². The van der Waals surface area contributed by atoms with Crippen LogP contribution in [-0.2, 0) is 4.74 Å². The van der Waals surface area contributed by atoms with Gasteiger partial charge in [0.25, 0.3) is 0 Å². The maximum absolute atomic E-state index is 5.27. The minimum absolute atomic E-state index is 0.676. The van der Waals surface area contributed by atoms with E-state index in [0.717, 1.165) is 19.1 Å². The molecule has 0 aliphatic carbocycles. The van der Waals surface area contributed by atoms with E-state index in [1.54, 1.807) is 0 Å². The second-order valence-corrected chi connectivity index (χ2v) is 2.70. The van der Waals surface area contributed by atoms with E-state index in [-0.39, 0.29) is 0 Å². The fourth-order valence-electron chi connectivity index (χ4n) is 1.17. The maximum Gasteiger partial charge on any atom is 0.0532 e. The number of allylic oxidation sites excluding steroid dienone is 1. The minimum Gasteiger partial charge on any atom is -0.381 e. The smallest absolute Gasteiger partial charge is 0.0532 e. The molecular formula is C8H14O. The van der Waals surface area contributed by atoms with Gasteiger partial charge < -0.3 is 4.74 Å². The molecule has 0 radical (unpaired) electrons. The zero-order valence-corrected chi connectivity index (χ0v) is 6.13. The van der Waals surface area contributed by atoms with Crippen LogP contribution in [0.3, 0.4) is 0 Å². The lowest BCUT2D eigenvalue weighted by Gasteiger charge is -2.04. The minimum atomic E-state index is 0.676. The Morgan fingerprint density at radius 1 is 1.44 bits per heavy atom. The van der Waals surface area contributed by atoms with E-state index in [4.69, 9.17) is 4.74 Å². The lowest BCUT2D eigenvalue weighted by atomic mass is 9.98. The van der Waals surface area contributed by atoms with Crippen molar-refractivity contribution in [3.63, 3.8) is 0 Å². The summed E-state index contributed by atoms with van der Waals surface area (Å²) in [6, 6.07) is 0. The molecule has 0 N–H and O–H groups in total. The van der Waals surface area contributed by atoms with Crippen molar-refractivity contribution in [3.05, 3.63) is 12.2 Å². The van der Waals surface area contributed by atoms with Gasteiger partial charge in [-0.05, 0) is 12.8 Å². The fraction of sp³-hybridized carbons (Fsp3) is 0.750. The van der Waals surface area contributed by atoms with E-state index in [2.05, 4.69) is 26.0 Å². The molecule has 52 valence electrons. The van der Waals surface area contributed by atoms with E-state index in [1.165, 1.54) is 0 Å². The van der Waals surface area contributed by atoms with Gasteiger partial charge in [0.1, 0.15) is 0 Å². The van der Waals surface area contributed by atoms with E-state index < -0.39 is 0 Å². The molecule has 0 saturated carbocycles. The van der Waals surface area contributed by atoms with Crippen molar-refractivity contribution in [1.29, 1.82) is 0 Å². The van der Waals surface area contributed by atoms with Crippen molar-refractivity contribution in [2.24, 2.45) is 11.8 Å². The molecule has 9 heavy (non-hydrogen) atoms. The van der Waals surface area contributed by atoms with Crippen LogP contribution in [0.4, 0.5) is 0 Å². The van der Waals surface area contributed by atoms with E-state index in [9.17, 15) is 0 Å². The molecule has 0 aromatic carbocycles. The largest absolute Gasteiger partial charge is 0.381 e. The van der Waals surface area contributed by atoms with Crippen LogP contribution in [0.2, 0.25) is 0 Å². The lowest BCUT2D eigenvalue weighted by Crippen LogP contribution is -2.04. The van der Waals surface area contributed by atoms with Gasteiger partial charge >= 0.3 is 0 Å². The van der Waals surface area contributed by atoms with Crippen molar-refractivity contribution >= 4 is 0 Å². The molecule has 0 unspecified atom stereocenters. The lowest BCUT2D eigenvalue weighted by molar-refractivity contribution is 0.185. The van der Waals surface area contributed by atoms with Gasteiger partial charge in [0.15, 0.2) is 0 Å². The summed E-state index contributed by atoms with van der Waals surface area (Å²) in [5.74, 6) is 1.40. The summed E-state index contributed by atoms with van der Waals surface area (Å²) in [6.45, 7) is 6.16. The molecule has 1 fully saturated rings. The average Bonchev–Trinajstić information content (AvgIpc) is 2.18. The molecule has 1 heterocycles. The van der Waals surface area contributed by atoms with Crippen LogP contribution >= 0.6 is 0 Å². The summed E-state index contributed by atoms with van der Waals surface area (Å²) >= 11 is 0. The second kappa shape index (κ2) is 3.02. The van der Waals surface area contributed by atoms with Crippen molar-refractivity contribution in [1.82, 2.24) is 0 Å². The number of hydrogen-bond acceptors (Lipinski definition) is 1. The van der Waals surface area contributed by atoms with Gasteiger partial charge in [0.2, 0.25) is 0 Å². The molecule has 1 aliphatic rings. The maximum atomic E-state index is 5.27. The molecule has 2 atom stereocenters. The molecule has 0 amide bonds. The Labute approximate surface area is 56.7 Å². The predicted octanol–water partition coefficient (Wildman–Crippen LogP) is 1.84. The highest BCUT2D eigenvalue weighted by Gasteiger charge is 2.20. The highest BCUT2D eigenvalue weighted by molar-refractivity contribution is 4.90. The standard InChI is InChI=1S/C8H14O/c1-3-4-8-6-9-5-7(8)2/h3-4,7-8H,5-6H2,1-2H3/b4-3-/t7-,8-/m0/s1. The van der Waals surface area contributed by atoms with E-state index in [1.807, 2.05) is 0 Å². The van der Waals surface area contributed by atoms with Gasteiger partial charge in [-0.15, -0.1) is 0 Å². The van der Waals surface area contributed by atoms with Crippen LogP contribution in [0.25, 0.3) is 0 Å². The van der Waals surface area contributed by atoms with Crippen LogP contribution in [-0.4, -0.2) is 13.2 Å². The van der Waals surface area contributed by atoms with Gasteiger partial charge in [0, 0.05) is 12.5 Å². The van der Waals surface area contributed by atoms with Crippen molar-refractivity contribution in [2.75, 3.05) is 13.2 Å². The molecular weight excluding hydrogens is 112 g/mol. The third-order valence-electron chi connectivity index (χ3n) is 1.86. The van der Waals surface area contributed by atoms with Gasteiger partial charge in [-0.1, -0.05) is 19.1 Å². The van der Waals surface area contributed by atoms with Crippen LogP contribution in [0.5, 0.6) is 0 Å². The number of rotatable bonds is 1. The number of hydrogen-bond donors (Lipinski definition) is 0. The first kappa shape index (κ1) is 6.81. The molecule has 1 saturated heterocycles. The summed E-state index contributed by atoms with van der Waals surface area (Å²) in [5, 5.41) is 0. The van der Waals surface area contributed by atoms with Gasteiger partial charge in [-0.2, -0.15) is 0 Å². The normalized spacial score (nSPS) is 36.2. The molecule has 0 aromatic heterocycles. The summed E-state index contributed by atoms with van der Waals surface area (Å²) in [5.41, 5.74) is 0. The first-order valence-corrected chi connectivity index (χ1v) is 3.55. The van der Waals surface area contributed by atoms with Crippen LogP contribution in [0.1, 0.15) is 13.8 Å². The highest BCUT2D eigenvalue weighted by Crippen LogP contribution is 2.20. The quantitative estimate of drug-likeness (QED) is 0.487. The van der Waals surface area contributed by atoms with E-state index >= 15 is 0 Å². The highest BCUT2D eigenvalue weighted by atomic mass is 16.5. The first-order valence-electron chi connectivity index (χ1n) is 3.55. The van der Waals surface area contributed by atoms with Gasteiger partial charge in [-0.3, -0.25) is 0 Å². The summed E-state index contributed by atoms with van der Waals surface area (Å²) in [4.78, 5) is 0. The molecule has 1 rings (SSSR count). The van der Waals surface area contributed by atoms with Crippen molar-refractivity contribution in [2.45, 2.75) is 13.8 Å². The molecule has 0 spiro atoms. The Kier molecular flexibility index (Phi) is 2.29. The zero-order valence-electron chi connectivity index (χ0n) is 6.13. The first-order chi connectivity index (χ1) is 4.34. The monoisotopic (exact) mass is 126 g/mol. The molecule has 1 heteroatoms. The third-order valence-corrected chi connectivity index (χ3v) is 1.86. The van der Waals surface area contributed by atoms with Crippen LogP contribution in [0, 0.1) is 11.8 Å². The SMILES string of the molecule is C/C=C\[C@H]1COC[C@@H]1C. The molecule has 0 aromatic rings. The summed E-state index contributed by atoms with van der Waals surface area (Å²) < 4.78 is 5.27. The topological polar surface area (TPSA) is 9.23 Å². The molecule has 0 bridgehead atoms. The van der Waals surface area contributed by atoms with Crippen LogP contribution in [0.15, 0.2) is 12.2 Å². The van der Waals surface area contributed by atoms with Crippen LogP contribution < -0.4 is 0 Å². The molecule has 1 nitrogen and oxygen atoms in total. The second-order valence-electron chi connectivity index (χ2n) is 2.70.